The molecule has 0 bridgehead atoms. The zero-order valence-corrected chi connectivity index (χ0v) is 28.9. The molecule has 11 heteroatoms. The number of rotatable bonds is 9. The molecule has 2 N–H and O–H groups in total. The Kier molecular flexibility index (Phi) is 9.09. The van der Waals surface area contributed by atoms with Crippen LogP contribution in [0.15, 0.2) is 73.1 Å². The Morgan fingerprint density at radius 3 is 2.51 bits per heavy atom. The first kappa shape index (κ1) is 33.2. The third-order valence-corrected chi connectivity index (χ3v) is 8.31. The highest BCUT2D eigenvalue weighted by Crippen LogP contribution is 2.35. The molecule has 3 aromatic heterocycles. The van der Waals surface area contributed by atoms with Gasteiger partial charge < -0.3 is 24.7 Å². The summed E-state index contributed by atoms with van der Waals surface area (Å²) >= 11 is 0. The van der Waals surface area contributed by atoms with Gasteiger partial charge in [-0.3, -0.25) is 14.5 Å². The molecule has 0 unspecified atom stereocenters. The van der Waals surface area contributed by atoms with Crippen molar-refractivity contribution >= 4 is 39.6 Å². The highest BCUT2D eigenvalue weighted by Gasteiger charge is 2.23. The van der Waals surface area contributed by atoms with Crippen molar-refractivity contribution in [2.45, 2.75) is 60.2 Å². The van der Waals surface area contributed by atoms with E-state index in [1.165, 1.54) is 6.92 Å². The maximum absolute atomic E-state index is 12.9. The predicted octanol–water partition coefficient (Wildman–Crippen LogP) is 7.72. The molecule has 49 heavy (non-hydrogen) atoms. The van der Waals surface area contributed by atoms with E-state index < -0.39 is 5.60 Å². The lowest BCUT2D eigenvalue weighted by molar-refractivity contribution is -0.114. The minimum Gasteiger partial charge on any atom is -0.497 e. The van der Waals surface area contributed by atoms with E-state index in [-0.39, 0.29) is 12.0 Å². The summed E-state index contributed by atoms with van der Waals surface area (Å²) < 4.78 is 13.0. The Hall–Kier alpha value is -5.71. The summed E-state index contributed by atoms with van der Waals surface area (Å²) in [6.07, 6.45) is 3.30. The maximum Gasteiger partial charge on any atom is 0.410 e. The summed E-state index contributed by atoms with van der Waals surface area (Å²) in [4.78, 5) is 39.4. The number of hydrogen-bond acceptors (Lipinski definition) is 7. The summed E-state index contributed by atoms with van der Waals surface area (Å²) in [6, 6.07) is 19.8. The Balaban J connectivity index is 1.44. The number of nitrogens with one attached hydrogen (secondary N) is 2. The SMILES string of the molecule is CCN(Cc1cncc(-c2ccc3c(c2)c(-c2nc4c(NC(C)=O)cccc4[nH]2)nn3Cc2ccc(OC)cc2)c1C)C(=O)OC(C)(C)C. The van der Waals surface area contributed by atoms with Crippen LogP contribution < -0.4 is 10.1 Å². The number of ether oxygens (including phenoxy) is 2. The van der Waals surface area contributed by atoms with Crippen LogP contribution >= 0.6 is 0 Å². The number of carbonyl (C=O) groups excluding carboxylic acids is 2. The lowest BCUT2D eigenvalue weighted by atomic mass is 9.97. The second kappa shape index (κ2) is 13.4. The third kappa shape index (κ3) is 7.11. The summed E-state index contributed by atoms with van der Waals surface area (Å²) in [6.45, 7) is 12.5. The molecule has 0 aliphatic heterocycles. The number of imidazole rings is 1. The maximum atomic E-state index is 12.9. The van der Waals surface area contributed by atoms with Crippen LogP contribution in [-0.4, -0.2) is 60.9 Å². The van der Waals surface area contributed by atoms with E-state index in [4.69, 9.17) is 19.6 Å². The molecule has 0 spiro atoms. The lowest BCUT2D eigenvalue weighted by Crippen LogP contribution is -2.36. The minimum atomic E-state index is -0.587. The van der Waals surface area contributed by atoms with Gasteiger partial charge in [-0.05, 0) is 93.3 Å². The number of aromatic nitrogens is 5. The van der Waals surface area contributed by atoms with Crippen LogP contribution in [0.4, 0.5) is 10.5 Å². The summed E-state index contributed by atoms with van der Waals surface area (Å²) in [5.41, 5.74) is 8.02. The number of amides is 2. The fourth-order valence-corrected chi connectivity index (χ4v) is 5.84. The van der Waals surface area contributed by atoms with Crippen molar-refractivity contribution in [1.29, 1.82) is 0 Å². The fourth-order valence-electron chi connectivity index (χ4n) is 5.84. The van der Waals surface area contributed by atoms with Gasteiger partial charge in [-0.15, -0.1) is 0 Å². The first-order valence-electron chi connectivity index (χ1n) is 16.3. The molecule has 0 aliphatic rings. The van der Waals surface area contributed by atoms with Gasteiger partial charge in [0.25, 0.3) is 0 Å². The second-order valence-corrected chi connectivity index (χ2v) is 13.0. The van der Waals surface area contributed by atoms with E-state index in [2.05, 4.69) is 40.4 Å². The minimum absolute atomic E-state index is 0.171. The Morgan fingerprint density at radius 2 is 1.82 bits per heavy atom. The van der Waals surface area contributed by atoms with Crippen LogP contribution in [-0.2, 0) is 22.6 Å². The monoisotopic (exact) mass is 659 g/mol. The van der Waals surface area contributed by atoms with Crippen molar-refractivity contribution in [3.05, 3.63) is 89.7 Å². The molecule has 0 aliphatic carbocycles. The summed E-state index contributed by atoms with van der Waals surface area (Å²) in [7, 11) is 1.65. The lowest BCUT2D eigenvalue weighted by Gasteiger charge is -2.27. The number of anilines is 1. The van der Waals surface area contributed by atoms with Crippen molar-refractivity contribution in [3.63, 3.8) is 0 Å². The molecule has 11 nitrogen and oxygen atoms in total. The first-order chi connectivity index (χ1) is 23.4. The van der Waals surface area contributed by atoms with Crippen molar-refractivity contribution < 1.29 is 19.1 Å². The number of carbonyl (C=O) groups is 2. The smallest absolute Gasteiger partial charge is 0.410 e. The fraction of sp³-hybridized carbons (Fsp3) is 0.289. The first-order valence-corrected chi connectivity index (χ1v) is 16.3. The summed E-state index contributed by atoms with van der Waals surface area (Å²) in [5.74, 6) is 1.20. The number of hydrogen-bond donors (Lipinski definition) is 2. The van der Waals surface area contributed by atoms with E-state index >= 15 is 0 Å². The molecule has 3 aromatic carbocycles. The van der Waals surface area contributed by atoms with Gasteiger partial charge in [0.15, 0.2) is 5.82 Å². The molecule has 2 amide bonds. The van der Waals surface area contributed by atoms with Gasteiger partial charge in [-0.1, -0.05) is 24.3 Å². The number of aromatic amines is 1. The Morgan fingerprint density at radius 1 is 1.04 bits per heavy atom. The van der Waals surface area contributed by atoms with Crippen LogP contribution in [0.2, 0.25) is 0 Å². The summed E-state index contributed by atoms with van der Waals surface area (Å²) in [5, 5.41) is 8.87. The van der Waals surface area contributed by atoms with Gasteiger partial charge in [0.05, 0.1) is 36.9 Å². The topological polar surface area (TPSA) is 127 Å². The number of nitrogens with zero attached hydrogens (tertiary/aromatic N) is 5. The molecular weight excluding hydrogens is 618 g/mol. The highest BCUT2D eigenvalue weighted by molar-refractivity contribution is 6.01. The van der Waals surface area contributed by atoms with Crippen LogP contribution in [0.1, 0.15) is 51.3 Å². The normalized spacial score (nSPS) is 11.6. The zero-order valence-electron chi connectivity index (χ0n) is 28.9. The molecule has 6 aromatic rings. The number of benzene rings is 3. The molecule has 0 atom stereocenters. The molecule has 0 saturated carbocycles. The average Bonchev–Trinajstić information content (AvgIpc) is 3.65. The van der Waals surface area contributed by atoms with E-state index in [0.29, 0.717) is 42.4 Å². The molecular formula is C38H41N7O4. The van der Waals surface area contributed by atoms with Crippen LogP contribution in [0.3, 0.4) is 0 Å². The quantitative estimate of drug-likeness (QED) is 0.163. The van der Waals surface area contributed by atoms with Crippen LogP contribution in [0.5, 0.6) is 5.75 Å². The number of pyridine rings is 1. The highest BCUT2D eigenvalue weighted by atomic mass is 16.6. The van der Waals surface area contributed by atoms with Crippen molar-refractivity contribution in [2.75, 3.05) is 19.0 Å². The van der Waals surface area contributed by atoms with E-state index in [0.717, 1.165) is 50.0 Å². The molecule has 0 radical (unpaired) electrons. The van der Waals surface area contributed by atoms with Crippen LogP contribution in [0.25, 0.3) is 44.6 Å². The standard InChI is InChI=1S/C38H41N7O4/c1-8-44(37(47)49-38(4,5)6)22-27-19-39-20-30(23(27)2)26-14-17-33-29(18-26)34(43-45(33)21-25-12-15-28(48-7)16-13-25)36-41-32-11-9-10-31(35(32)42-36)40-24(3)46/h9-20H,8,21-22H2,1-7H3,(H,40,46)(H,41,42). The molecule has 252 valence electrons. The van der Waals surface area contributed by atoms with Crippen LogP contribution in [0, 0.1) is 6.92 Å². The van der Waals surface area contributed by atoms with Gasteiger partial charge in [0.1, 0.15) is 22.6 Å². The van der Waals surface area contributed by atoms with E-state index in [1.54, 1.807) is 12.0 Å². The van der Waals surface area contributed by atoms with Crippen molar-refractivity contribution in [2.24, 2.45) is 0 Å². The molecule has 0 fully saturated rings. The largest absolute Gasteiger partial charge is 0.497 e. The van der Waals surface area contributed by atoms with Gasteiger partial charge in [0.2, 0.25) is 5.91 Å². The predicted molar refractivity (Wildman–Crippen MR) is 192 cm³/mol. The third-order valence-electron chi connectivity index (χ3n) is 8.31. The Bertz CT molecular complexity index is 2160. The van der Waals surface area contributed by atoms with E-state index in [1.807, 2.05) is 87.2 Å². The van der Waals surface area contributed by atoms with Crippen molar-refractivity contribution in [1.82, 2.24) is 29.6 Å². The number of para-hydroxylation sites is 1. The van der Waals surface area contributed by atoms with Crippen molar-refractivity contribution in [3.8, 4) is 28.4 Å². The van der Waals surface area contributed by atoms with Gasteiger partial charge in [0, 0.05) is 36.8 Å². The zero-order chi connectivity index (χ0) is 34.9. The molecule has 0 saturated heterocycles. The number of fused-ring (bicyclic) bond motifs is 2. The average molecular weight is 660 g/mol. The molecule has 6 rings (SSSR count). The van der Waals surface area contributed by atoms with Gasteiger partial charge in [-0.25, -0.2) is 9.78 Å². The Labute approximate surface area is 285 Å². The second-order valence-electron chi connectivity index (χ2n) is 13.0. The van der Waals surface area contributed by atoms with Gasteiger partial charge >= 0.3 is 6.09 Å². The van der Waals surface area contributed by atoms with E-state index in [9.17, 15) is 9.59 Å². The number of H-pyrrole nitrogens is 1. The number of methoxy groups -OCH3 is 1. The van der Waals surface area contributed by atoms with Gasteiger partial charge in [-0.2, -0.15) is 5.10 Å². The molecule has 3 heterocycles.